The van der Waals surface area contributed by atoms with E-state index in [0.717, 1.165) is 16.5 Å². The highest BCUT2D eigenvalue weighted by Gasteiger charge is 2.46. The van der Waals surface area contributed by atoms with Crippen molar-refractivity contribution in [2.75, 3.05) is 6.61 Å². The Morgan fingerprint density at radius 2 is 2.02 bits per heavy atom. The van der Waals surface area contributed by atoms with Crippen LogP contribution in [0.15, 0.2) is 16.9 Å². The Labute approximate surface area is 240 Å². The number of aryl methyl sites for hydroxylation is 1. The fraction of sp³-hybridized carbons (Fsp3) is 0.452. The zero-order valence-electron chi connectivity index (χ0n) is 23.9. The summed E-state index contributed by atoms with van der Waals surface area (Å²) in [4.78, 5) is 56.4. The molecular formula is C31H32FN3O7. The van der Waals surface area contributed by atoms with Gasteiger partial charge < -0.3 is 24.5 Å². The average Bonchev–Trinajstić information content (AvgIpc) is 3.32. The molecule has 2 aromatic heterocycles. The summed E-state index contributed by atoms with van der Waals surface area (Å²) >= 11 is 0. The third-order valence-corrected chi connectivity index (χ3v) is 8.65. The second-order valence-electron chi connectivity index (χ2n) is 11.5. The fourth-order valence-corrected chi connectivity index (χ4v) is 6.43. The maximum absolute atomic E-state index is 15.1. The number of aliphatic hydroxyl groups is 1. The van der Waals surface area contributed by atoms with Crippen LogP contribution < -0.4 is 10.9 Å². The third-order valence-electron chi connectivity index (χ3n) is 8.65. The number of amides is 1. The first kappa shape index (κ1) is 28.2. The van der Waals surface area contributed by atoms with Crippen molar-refractivity contribution in [3.05, 3.63) is 61.7 Å². The molecule has 0 spiro atoms. The summed E-state index contributed by atoms with van der Waals surface area (Å²) in [5.41, 5.74) is 1.92. The van der Waals surface area contributed by atoms with Crippen LogP contribution in [0.4, 0.5) is 4.39 Å². The Hall–Kier alpha value is -3.96. The first-order chi connectivity index (χ1) is 19.9. The maximum atomic E-state index is 15.1. The molecule has 3 aromatic rings. The van der Waals surface area contributed by atoms with Crippen molar-refractivity contribution < 1.29 is 33.4 Å². The summed E-state index contributed by atoms with van der Waals surface area (Å²) < 4.78 is 27.1. The molecule has 2 aliphatic heterocycles. The van der Waals surface area contributed by atoms with Gasteiger partial charge in [0.1, 0.15) is 19.0 Å². The summed E-state index contributed by atoms with van der Waals surface area (Å²) in [6.07, 6.45) is 0.480. The van der Waals surface area contributed by atoms with Gasteiger partial charge in [0, 0.05) is 22.6 Å². The summed E-state index contributed by atoms with van der Waals surface area (Å²) in [7, 11) is 0. The minimum Gasteiger partial charge on any atom is -0.458 e. The Kier molecular flexibility index (Phi) is 6.77. The first-order valence-electron chi connectivity index (χ1n) is 14.2. The van der Waals surface area contributed by atoms with Crippen molar-refractivity contribution in [3.63, 3.8) is 0 Å². The smallest absolute Gasteiger partial charge is 0.343 e. The van der Waals surface area contributed by atoms with Gasteiger partial charge in [0.2, 0.25) is 5.91 Å². The van der Waals surface area contributed by atoms with Gasteiger partial charge in [0.15, 0.2) is 11.4 Å². The molecule has 220 valence electrons. The van der Waals surface area contributed by atoms with E-state index in [1.807, 2.05) is 0 Å². The van der Waals surface area contributed by atoms with E-state index in [0.29, 0.717) is 40.9 Å². The monoisotopic (exact) mass is 577 g/mol. The predicted octanol–water partition coefficient (Wildman–Crippen LogP) is 3.01. The molecule has 42 heavy (non-hydrogen) atoms. The lowest BCUT2D eigenvalue weighted by Crippen LogP contribution is -2.44. The van der Waals surface area contributed by atoms with Crippen LogP contribution in [-0.4, -0.2) is 45.0 Å². The van der Waals surface area contributed by atoms with Gasteiger partial charge in [-0.2, -0.15) is 0 Å². The summed E-state index contributed by atoms with van der Waals surface area (Å²) in [6.45, 7) is 6.67. The number of cyclic esters (lactones) is 1. The summed E-state index contributed by atoms with van der Waals surface area (Å²) in [5.74, 6) is -2.02. The molecule has 0 bridgehead atoms. The molecule has 11 heteroatoms. The second kappa shape index (κ2) is 10.1. The van der Waals surface area contributed by atoms with E-state index < -0.39 is 34.9 Å². The highest BCUT2D eigenvalue weighted by molar-refractivity contribution is 5.99. The molecule has 0 saturated carbocycles. The van der Waals surface area contributed by atoms with Gasteiger partial charge in [-0.25, -0.2) is 14.2 Å². The highest BCUT2D eigenvalue weighted by atomic mass is 19.1. The van der Waals surface area contributed by atoms with Crippen LogP contribution in [0.3, 0.4) is 0 Å². The SMILES string of the molecule is CC[C@@]1(O)C(=O)OCc2c1cc1n(c2=O)Cc2c-1nc1cc(F)c(C)c3c1c2[C@@H](NC(=O)CC(=O)COC(C)C)CC3. The predicted molar refractivity (Wildman–Crippen MR) is 149 cm³/mol. The normalized spacial score (nSPS) is 20.3. The van der Waals surface area contributed by atoms with E-state index in [2.05, 4.69) is 5.32 Å². The number of aromatic nitrogens is 2. The van der Waals surface area contributed by atoms with Crippen molar-refractivity contribution in [1.29, 1.82) is 0 Å². The zero-order valence-corrected chi connectivity index (χ0v) is 23.9. The maximum Gasteiger partial charge on any atom is 0.343 e. The number of nitrogens with one attached hydrogen (secondary N) is 1. The Balaban J connectivity index is 1.49. The van der Waals surface area contributed by atoms with Crippen molar-refractivity contribution >= 4 is 28.6 Å². The molecule has 1 aromatic carbocycles. The summed E-state index contributed by atoms with van der Waals surface area (Å²) in [5, 5.41) is 14.9. The molecule has 4 heterocycles. The molecule has 10 nitrogen and oxygen atoms in total. The number of ketones is 1. The molecular weight excluding hydrogens is 545 g/mol. The number of Topliss-reactive ketones (excluding diaryl/α,β-unsaturated/α-hetero) is 1. The van der Waals surface area contributed by atoms with Gasteiger partial charge in [-0.15, -0.1) is 0 Å². The van der Waals surface area contributed by atoms with Gasteiger partial charge in [-0.3, -0.25) is 14.4 Å². The number of carbonyl (C=O) groups excluding carboxylic acids is 3. The van der Waals surface area contributed by atoms with Crippen LogP contribution in [-0.2, 0) is 49.0 Å². The molecule has 0 radical (unpaired) electrons. The molecule has 2 N–H and O–H groups in total. The number of rotatable bonds is 7. The van der Waals surface area contributed by atoms with Gasteiger partial charge in [-0.05, 0) is 62.8 Å². The number of halogens is 1. The van der Waals surface area contributed by atoms with Gasteiger partial charge in [0.05, 0.1) is 47.6 Å². The molecule has 1 amide bonds. The van der Waals surface area contributed by atoms with Crippen molar-refractivity contribution in [3.8, 4) is 11.4 Å². The average molecular weight is 578 g/mol. The number of ether oxygens (including phenoxy) is 2. The minimum absolute atomic E-state index is 0.00780. The van der Waals surface area contributed by atoms with Gasteiger partial charge in [-0.1, -0.05) is 6.92 Å². The number of carbonyl (C=O) groups is 3. The quantitative estimate of drug-likeness (QED) is 0.253. The van der Waals surface area contributed by atoms with Gasteiger partial charge in [0.25, 0.3) is 5.56 Å². The standard InChI is InChI=1S/C31H32FN3O7/c1-5-31(40)20-9-24-28-18(11-35(24)29(38)19(20)13-42-30(31)39)27-22(33-25(37)8-16(36)12-41-14(2)3)7-6-17-15(4)21(32)10-23(34-28)26(17)27/h9-10,14,22,40H,5-8,11-13H2,1-4H3,(H,33,37)/t22-,31-/m0/s1. The number of pyridine rings is 2. The van der Waals surface area contributed by atoms with Crippen LogP contribution in [0.25, 0.3) is 22.3 Å². The van der Waals surface area contributed by atoms with Crippen molar-refractivity contribution in [2.24, 2.45) is 0 Å². The van der Waals surface area contributed by atoms with E-state index in [-0.39, 0.29) is 55.6 Å². The number of esters is 1. The van der Waals surface area contributed by atoms with E-state index >= 15 is 4.39 Å². The molecule has 0 saturated heterocycles. The highest BCUT2D eigenvalue weighted by Crippen LogP contribution is 2.45. The molecule has 0 unspecified atom stereocenters. The second-order valence-corrected chi connectivity index (χ2v) is 11.5. The fourth-order valence-electron chi connectivity index (χ4n) is 6.43. The minimum atomic E-state index is -1.98. The van der Waals surface area contributed by atoms with E-state index in [1.54, 1.807) is 33.8 Å². The van der Waals surface area contributed by atoms with Gasteiger partial charge >= 0.3 is 5.97 Å². The number of hydrogen-bond acceptors (Lipinski definition) is 8. The van der Waals surface area contributed by atoms with Crippen LogP contribution in [0, 0.1) is 12.7 Å². The van der Waals surface area contributed by atoms with E-state index in [4.69, 9.17) is 14.5 Å². The number of hydrogen-bond donors (Lipinski definition) is 2. The van der Waals surface area contributed by atoms with Crippen LogP contribution >= 0.6 is 0 Å². The molecule has 1 aliphatic carbocycles. The number of benzene rings is 1. The third kappa shape index (κ3) is 4.25. The topological polar surface area (TPSA) is 137 Å². The zero-order chi connectivity index (χ0) is 30.1. The van der Waals surface area contributed by atoms with E-state index in [9.17, 15) is 24.3 Å². The number of fused-ring (bicyclic) bond motifs is 5. The van der Waals surface area contributed by atoms with E-state index in [1.165, 1.54) is 10.6 Å². The Bertz CT molecular complexity index is 1760. The lowest BCUT2D eigenvalue weighted by atomic mass is 9.81. The van der Waals surface area contributed by atoms with Crippen LogP contribution in [0.2, 0.25) is 0 Å². The lowest BCUT2D eigenvalue weighted by Gasteiger charge is -2.31. The van der Waals surface area contributed by atoms with Crippen molar-refractivity contribution in [1.82, 2.24) is 14.9 Å². The summed E-state index contributed by atoms with van der Waals surface area (Å²) in [6, 6.07) is 2.45. The Morgan fingerprint density at radius 1 is 1.26 bits per heavy atom. The molecule has 0 fully saturated rings. The largest absolute Gasteiger partial charge is 0.458 e. The first-order valence-corrected chi connectivity index (χ1v) is 14.2. The Morgan fingerprint density at radius 3 is 2.74 bits per heavy atom. The number of nitrogens with zero attached hydrogens (tertiary/aromatic N) is 2. The molecule has 3 aliphatic rings. The van der Waals surface area contributed by atoms with Crippen LogP contribution in [0.1, 0.15) is 79.5 Å². The molecule has 6 rings (SSSR count). The lowest BCUT2D eigenvalue weighted by molar-refractivity contribution is -0.172. The molecule has 2 atom stereocenters. The van der Waals surface area contributed by atoms with Crippen molar-refractivity contribution in [2.45, 2.75) is 84.3 Å². The van der Waals surface area contributed by atoms with Crippen LogP contribution in [0.5, 0.6) is 0 Å².